The van der Waals surface area contributed by atoms with E-state index in [4.69, 9.17) is 4.42 Å². The summed E-state index contributed by atoms with van der Waals surface area (Å²) in [6.07, 6.45) is 7.22. The van der Waals surface area contributed by atoms with Crippen LogP contribution in [0.1, 0.15) is 67.6 Å². The third-order valence-corrected chi connectivity index (χ3v) is 8.35. The van der Waals surface area contributed by atoms with Gasteiger partial charge in [-0.2, -0.15) is 0 Å². The molecule has 0 radical (unpaired) electrons. The number of hydrogen-bond acceptors (Lipinski definition) is 7. The van der Waals surface area contributed by atoms with E-state index < -0.39 is 35.7 Å². The van der Waals surface area contributed by atoms with E-state index in [9.17, 15) is 24.0 Å². The van der Waals surface area contributed by atoms with Crippen LogP contribution >= 0.6 is 0 Å². The lowest BCUT2D eigenvalue weighted by Gasteiger charge is -2.27. The van der Waals surface area contributed by atoms with E-state index in [0.717, 1.165) is 32.6 Å². The number of carbonyl (C=O) groups is 5. The summed E-state index contributed by atoms with van der Waals surface area (Å²) < 4.78 is 6.08. The molecule has 10 nitrogen and oxygen atoms in total. The summed E-state index contributed by atoms with van der Waals surface area (Å²) in [6, 6.07) is 24.2. The van der Waals surface area contributed by atoms with Crippen LogP contribution in [0.25, 0.3) is 23.1 Å². The SMILES string of the molecule is O=C1CCC(N2C(=O)c3cccc(/C=C/c4ccc(CC(=O)NC(c5cccnc5)c5cc6ccccc6o5)cc4)c3C2=O)C(=O)N1. The smallest absolute Gasteiger partial charge is 0.262 e. The number of pyridine rings is 1. The van der Waals surface area contributed by atoms with Crippen molar-refractivity contribution in [2.75, 3.05) is 0 Å². The summed E-state index contributed by atoms with van der Waals surface area (Å²) >= 11 is 0. The van der Waals surface area contributed by atoms with E-state index >= 15 is 0 Å². The van der Waals surface area contributed by atoms with Crippen molar-refractivity contribution in [3.63, 3.8) is 0 Å². The topological polar surface area (TPSA) is 139 Å². The molecule has 5 aromatic rings. The highest BCUT2D eigenvalue weighted by Crippen LogP contribution is 2.31. The molecule has 2 N–H and O–H groups in total. The van der Waals surface area contributed by atoms with Crippen molar-refractivity contribution in [1.82, 2.24) is 20.5 Å². The molecule has 2 atom stereocenters. The highest BCUT2D eigenvalue weighted by atomic mass is 16.3. The molecular formula is C37H28N4O6. The Morgan fingerprint density at radius 1 is 0.957 bits per heavy atom. The first kappa shape index (κ1) is 29.5. The fraction of sp³-hybridized carbons (Fsp3) is 0.135. The average Bonchev–Trinajstić information content (AvgIpc) is 3.62. The maximum Gasteiger partial charge on any atom is 0.262 e. The van der Waals surface area contributed by atoms with Gasteiger partial charge in [0.25, 0.3) is 11.8 Å². The molecule has 0 spiro atoms. The van der Waals surface area contributed by atoms with Crippen LogP contribution in [-0.4, -0.2) is 45.5 Å². The van der Waals surface area contributed by atoms with Gasteiger partial charge in [-0.3, -0.25) is 39.2 Å². The number of piperidine rings is 1. The molecule has 2 aliphatic rings. The van der Waals surface area contributed by atoms with E-state index in [0.29, 0.717) is 11.3 Å². The van der Waals surface area contributed by atoms with Gasteiger partial charge in [-0.25, -0.2) is 0 Å². The van der Waals surface area contributed by atoms with Gasteiger partial charge in [0.15, 0.2) is 0 Å². The van der Waals surface area contributed by atoms with Gasteiger partial charge < -0.3 is 9.73 Å². The van der Waals surface area contributed by atoms with Crippen LogP contribution in [0.4, 0.5) is 0 Å². The van der Waals surface area contributed by atoms with Crippen LogP contribution in [0.3, 0.4) is 0 Å². The number of hydrogen-bond donors (Lipinski definition) is 2. The van der Waals surface area contributed by atoms with Crippen molar-refractivity contribution >= 4 is 52.7 Å². The normalized spacial score (nSPS) is 16.9. The Morgan fingerprint density at radius 3 is 2.55 bits per heavy atom. The summed E-state index contributed by atoms with van der Waals surface area (Å²) in [4.78, 5) is 68.9. The third kappa shape index (κ3) is 5.84. The molecule has 0 bridgehead atoms. The zero-order chi connectivity index (χ0) is 32.5. The maximum absolute atomic E-state index is 13.4. The van der Waals surface area contributed by atoms with Crippen molar-refractivity contribution < 1.29 is 28.4 Å². The zero-order valence-electron chi connectivity index (χ0n) is 25.0. The Bertz CT molecular complexity index is 2050. The lowest BCUT2D eigenvalue weighted by atomic mass is 10.0. The summed E-state index contributed by atoms with van der Waals surface area (Å²) in [5.41, 5.74) is 4.13. The standard InChI is InChI=1S/C37H28N4O6/c42-31-17-16-28(35(44)40-31)41-36(45)27-8-3-6-24(33(27)37(41)46)15-14-22-10-12-23(13-11-22)19-32(43)39-34(26-7-4-18-38-21-26)30-20-25-5-1-2-9-29(25)47-30/h1-15,18,20-21,28,34H,16-17,19H2,(H,39,43)(H,40,42,44)/b15-14+. The second kappa shape index (κ2) is 12.3. The number of rotatable bonds is 8. The fourth-order valence-electron chi connectivity index (χ4n) is 6.02. The molecule has 3 aromatic carbocycles. The van der Waals surface area contributed by atoms with Gasteiger partial charge >= 0.3 is 0 Å². The van der Waals surface area contributed by atoms with Gasteiger partial charge in [-0.05, 0) is 47.4 Å². The number of nitrogens with zero attached hydrogens (tertiary/aromatic N) is 2. The fourth-order valence-corrected chi connectivity index (χ4v) is 6.02. The second-order valence-corrected chi connectivity index (χ2v) is 11.4. The van der Waals surface area contributed by atoms with Crippen molar-refractivity contribution in [2.45, 2.75) is 31.3 Å². The summed E-state index contributed by atoms with van der Waals surface area (Å²) in [6.45, 7) is 0. The number of benzene rings is 3. The van der Waals surface area contributed by atoms with E-state index in [1.165, 1.54) is 0 Å². The minimum atomic E-state index is -1.03. The summed E-state index contributed by atoms with van der Waals surface area (Å²) in [5, 5.41) is 6.25. The van der Waals surface area contributed by atoms with Gasteiger partial charge in [0, 0.05) is 29.8 Å². The molecule has 232 valence electrons. The molecule has 2 aliphatic heterocycles. The van der Waals surface area contributed by atoms with Crippen LogP contribution < -0.4 is 10.6 Å². The summed E-state index contributed by atoms with van der Waals surface area (Å²) in [5.74, 6) is -1.76. The number of furan rings is 1. The Labute approximate surface area is 269 Å². The number of para-hydroxylation sites is 1. The molecule has 7 rings (SSSR count). The number of nitrogens with one attached hydrogen (secondary N) is 2. The number of fused-ring (bicyclic) bond motifs is 2. The largest absolute Gasteiger partial charge is 0.459 e. The van der Waals surface area contributed by atoms with E-state index in [1.54, 1.807) is 36.7 Å². The first-order valence-electron chi connectivity index (χ1n) is 15.1. The quantitative estimate of drug-likeness (QED) is 0.186. The molecule has 5 amide bonds. The lowest BCUT2D eigenvalue weighted by molar-refractivity contribution is -0.136. The third-order valence-electron chi connectivity index (χ3n) is 8.35. The van der Waals surface area contributed by atoms with Gasteiger partial charge in [-0.1, -0.05) is 72.8 Å². The maximum atomic E-state index is 13.4. The van der Waals surface area contributed by atoms with Crippen LogP contribution in [0.15, 0.2) is 102 Å². The Hall–Kier alpha value is -6.16. The number of carbonyl (C=O) groups excluding carboxylic acids is 5. The van der Waals surface area contributed by atoms with E-state index in [1.807, 2.05) is 72.8 Å². The first-order valence-corrected chi connectivity index (χ1v) is 15.1. The highest BCUT2D eigenvalue weighted by molar-refractivity contribution is 6.24. The highest BCUT2D eigenvalue weighted by Gasteiger charge is 2.45. The molecule has 0 aliphatic carbocycles. The Kier molecular flexibility index (Phi) is 7.75. The number of aromatic nitrogens is 1. The van der Waals surface area contributed by atoms with Gasteiger partial charge in [-0.15, -0.1) is 0 Å². The molecule has 4 heterocycles. The molecule has 2 unspecified atom stereocenters. The van der Waals surface area contributed by atoms with Crippen LogP contribution in [0, 0.1) is 0 Å². The molecule has 2 aromatic heterocycles. The van der Waals surface area contributed by atoms with Crippen molar-refractivity contribution in [3.05, 3.63) is 136 Å². The van der Waals surface area contributed by atoms with Crippen molar-refractivity contribution in [3.8, 4) is 0 Å². The minimum Gasteiger partial charge on any atom is -0.459 e. The monoisotopic (exact) mass is 624 g/mol. The molecule has 1 fully saturated rings. The Morgan fingerprint density at radius 2 is 1.79 bits per heavy atom. The molecule has 1 saturated heterocycles. The second-order valence-electron chi connectivity index (χ2n) is 11.4. The lowest BCUT2D eigenvalue weighted by Crippen LogP contribution is -2.54. The minimum absolute atomic E-state index is 0.0562. The number of imide groups is 2. The predicted molar refractivity (Wildman–Crippen MR) is 173 cm³/mol. The van der Waals surface area contributed by atoms with Gasteiger partial charge in [0.05, 0.1) is 17.5 Å². The van der Waals surface area contributed by atoms with E-state index in [2.05, 4.69) is 15.6 Å². The zero-order valence-corrected chi connectivity index (χ0v) is 25.0. The Balaban J connectivity index is 1.05. The molecule has 47 heavy (non-hydrogen) atoms. The van der Waals surface area contributed by atoms with Crippen molar-refractivity contribution in [2.24, 2.45) is 0 Å². The molecule has 10 heteroatoms. The predicted octanol–water partition coefficient (Wildman–Crippen LogP) is 4.85. The average molecular weight is 625 g/mol. The van der Waals surface area contributed by atoms with Crippen molar-refractivity contribution in [1.29, 1.82) is 0 Å². The number of amides is 5. The molecular weight excluding hydrogens is 596 g/mol. The first-order chi connectivity index (χ1) is 22.9. The van der Waals surface area contributed by atoms with E-state index in [-0.39, 0.29) is 36.3 Å². The van der Waals surface area contributed by atoms with Crippen LogP contribution in [0.2, 0.25) is 0 Å². The van der Waals surface area contributed by atoms with Crippen LogP contribution in [0.5, 0.6) is 0 Å². The summed E-state index contributed by atoms with van der Waals surface area (Å²) in [7, 11) is 0. The van der Waals surface area contributed by atoms with Crippen LogP contribution in [-0.2, 0) is 20.8 Å². The molecule has 0 saturated carbocycles. The van der Waals surface area contributed by atoms with Gasteiger partial charge in [0.1, 0.15) is 23.4 Å². The van der Waals surface area contributed by atoms with Gasteiger partial charge in [0.2, 0.25) is 17.7 Å².